The summed E-state index contributed by atoms with van der Waals surface area (Å²) in [5, 5.41) is 0. The van der Waals surface area contributed by atoms with E-state index in [1.807, 2.05) is 0 Å². The van der Waals surface area contributed by atoms with Crippen LogP contribution in [0.15, 0.2) is 24.3 Å². The van der Waals surface area contributed by atoms with Gasteiger partial charge in [-0.1, -0.05) is 12.1 Å². The van der Waals surface area contributed by atoms with Gasteiger partial charge in [0.25, 0.3) is 0 Å². The Balaban J connectivity index is 2.71. The third-order valence-electron chi connectivity index (χ3n) is 2.24. The second kappa shape index (κ2) is 5.99. The van der Waals surface area contributed by atoms with E-state index in [9.17, 15) is 22.0 Å². The lowest BCUT2D eigenvalue weighted by Gasteiger charge is -2.17. The molecule has 0 heterocycles. The number of hydrogen-bond donors (Lipinski definition) is 1. The van der Waals surface area contributed by atoms with Crippen LogP contribution in [-0.2, 0) is 0 Å². The van der Waals surface area contributed by atoms with E-state index < -0.39 is 31.0 Å². The van der Waals surface area contributed by atoms with Gasteiger partial charge in [0.1, 0.15) is 5.75 Å². The predicted octanol–water partition coefficient (Wildman–Crippen LogP) is 3.28. The summed E-state index contributed by atoms with van der Waals surface area (Å²) in [5.41, 5.74) is 6.10. The summed E-state index contributed by atoms with van der Waals surface area (Å²) in [6.07, 6.45) is -8.36. The molecule has 0 aliphatic carbocycles. The molecule has 0 spiro atoms. The molecule has 0 aliphatic heterocycles. The zero-order chi connectivity index (χ0) is 13.8. The topological polar surface area (TPSA) is 35.2 Å². The van der Waals surface area contributed by atoms with Crippen LogP contribution in [0, 0.1) is 0 Å². The minimum atomic E-state index is -4.54. The van der Waals surface area contributed by atoms with Crippen molar-refractivity contribution in [2.75, 3.05) is 6.67 Å². The maximum Gasteiger partial charge on any atom is 0.461 e. The van der Waals surface area contributed by atoms with Gasteiger partial charge in [0.2, 0.25) is 0 Å². The Labute approximate surface area is 101 Å². The zero-order valence-corrected chi connectivity index (χ0v) is 9.25. The van der Waals surface area contributed by atoms with Crippen molar-refractivity contribution in [2.45, 2.75) is 25.0 Å². The summed E-state index contributed by atoms with van der Waals surface area (Å²) >= 11 is 0. The van der Waals surface area contributed by atoms with Gasteiger partial charge >= 0.3 is 12.5 Å². The first-order chi connectivity index (χ1) is 8.36. The third-order valence-corrected chi connectivity index (χ3v) is 2.24. The van der Waals surface area contributed by atoms with Crippen molar-refractivity contribution in [3.05, 3.63) is 29.8 Å². The highest BCUT2D eigenvalue weighted by Crippen LogP contribution is 2.28. The van der Waals surface area contributed by atoms with Gasteiger partial charge < -0.3 is 10.5 Å². The van der Waals surface area contributed by atoms with E-state index in [2.05, 4.69) is 4.74 Å². The van der Waals surface area contributed by atoms with Crippen molar-refractivity contribution in [1.82, 2.24) is 0 Å². The fourth-order valence-electron chi connectivity index (χ4n) is 1.27. The SMILES string of the molecule is N[C@H](CCF)c1ccc(OC(F)(F)C(F)F)cc1. The van der Waals surface area contributed by atoms with Crippen LogP contribution in [0.5, 0.6) is 5.75 Å². The molecule has 1 aromatic rings. The molecule has 1 atom stereocenters. The maximum absolute atomic E-state index is 12.6. The van der Waals surface area contributed by atoms with E-state index in [1.165, 1.54) is 12.1 Å². The predicted molar refractivity (Wildman–Crippen MR) is 55.5 cm³/mol. The largest absolute Gasteiger partial charge is 0.461 e. The molecule has 0 saturated carbocycles. The van der Waals surface area contributed by atoms with Crippen LogP contribution in [-0.4, -0.2) is 19.2 Å². The molecular formula is C11H12F5NO. The summed E-state index contributed by atoms with van der Waals surface area (Å²) < 4.78 is 64.8. The van der Waals surface area contributed by atoms with Crippen molar-refractivity contribution in [3.63, 3.8) is 0 Å². The zero-order valence-electron chi connectivity index (χ0n) is 9.25. The van der Waals surface area contributed by atoms with E-state index in [4.69, 9.17) is 5.73 Å². The summed E-state index contributed by atoms with van der Waals surface area (Å²) in [6, 6.07) is 4.27. The number of halogens is 5. The molecule has 0 saturated heterocycles. The smallest absolute Gasteiger partial charge is 0.428 e. The first kappa shape index (κ1) is 14.7. The van der Waals surface area contributed by atoms with Gasteiger partial charge in [0.15, 0.2) is 0 Å². The minimum absolute atomic E-state index is 0.0907. The lowest BCUT2D eigenvalue weighted by atomic mass is 10.1. The molecule has 18 heavy (non-hydrogen) atoms. The summed E-state index contributed by atoms with van der Waals surface area (Å²) in [6.45, 7) is -0.608. The Kier molecular flexibility index (Phi) is 4.89. The summed E-state index contributed by atoms with van der Waals surface area (Å²) in [4.78, 5) is 0. The molecular weight excluding hydrogens is 257 g/mol. The van der Waals surface area contributed by atoms with E-state index in [1.54, 1.807) is 0 Å². The Morgan fingerprint density at radius 2 is 1.72 bits per heavy atom. The molecule has 0 fully saturated rings. The van der Waals surface area contributed by atoms with Gasteiger partial charge in [0.05, 0.1) is 6.67 Å². The van der Waals surface area contributed by atoms with Crippen molar-refractivity contribution in [2.24, 2.45) is 5.73 Å². The highest BCUT2D eigenvalue weighted by molar-refractivity contribution is 5.29. The number of nitrogens with two attached hydrogens (primary N) is 1. The summed E-state index contributed by atoms with van der Waals surface area (Å²) in [5.74, 6) is -0.406. The van der Waals surface area contributed by atoms with Gasteiger partial charge in [-0.2, -0.15) is 17.6 Å². The van der Waals surface area contributed by atoms with Gasteiger partial charge in [-0.15, -0.1) is 0 Å². The number of rotatable bonds is 6. The molecule has 0 bridgehead atoms. The molecule has 0 aromatic heterocycles. The molecule has 1 aromatic carbocycles. The molecule has 1 rings (SSSR count). The van der Waals surface area contributed by atoms with Crippen molar-refractivity contribution >= 4 is 0 Å². The molecule has 0 unspecified atom stereocenters. The average molecular weight is 269 g/mol. The second-order valence-electron chi connectivity index (χ2n) is 3.62. The monoisotopic (exact) mass is 269 g/mol. The van der Waals surface area contributed by atoms with Crippen LogP contribution in [0.2, 0.25) is 0 Å². The molecule has 2 N–H and O–H groups in total. The van der Waals surface area contributed by atoms with Crippen LogP contribution in [0.1, 0.15) is 18.0 Å². The number of alkyl halides is 5. The molecule has 0 amide bonds. The van der Waals surface area contributed by atoms with Crippen LogP contribution in [0.4, 0.5) is 22.0 Å². The first-order valence-electron chi connectivity index (χ1n) is 5.13. The molecule has 0 aliphatic rings. The lowest BCUT2D eigenvalue weighted by molar-refractivity contribution is -0.253. The number of ether oxygens (including phenoxy) is 1. The third kappa shape index (κ3) is 3.83. The van der Waals surface area contributed by atoms with Gasteiger partial charge in [-0.05, 0) is 24.1 Å². The molecule has 7 heteroatoms. The van der Waals surface area contributed by atoms with Crippen LogP contribution in [0.25, 0.3) is 0 Å². The highest BCUT2D eigenvalue weighted by atomic mass is 19.3. The maximum atomic E-state index is 12.6. The van der Waals surface area contributed by atoms with E-state index in [0.717, 1.165) is 12.1 Å². The second-order valence-corrected chi connectivity index (χ2v) is 3.62. The van der Waals surface area contributed by atoms with E-state index in [-0.39, 0.29) is 6.42 Å². The van der Waals surface area contributed by atoms with E-state index in [0.29, 0.717) is 5.56 Å². The van der Waals surface area contributed by atoms with Crippen LogP contribution in [0.3, 0.4) is 0 Å². The van der Waals surface area contributed by atoms with Crippen molar-refractivity contribution < 1.29 is 26.7 Å². The summed E-state index contributed by atoms with van der Waals surface area (Å²) in [7, 11) is 0. The Hall–Kier alpha value is -1.37. The van der Waals surface area contributed by atoms with Crippen molar-refractivity contribution in [1.29, 1.82) is 0 Å². The number of benzene rings is 1. The van der Waals surface area contributed by atoms with Crippen LogP contribution >= 0.6 is 0 Å². The van der Waals surface area contributed by atoms with E-state index >= 15 is 0 Å². The lowest BCUT2D eigenvalue weighted by Crippen LogP contribution is -2.33. The fourth-order valence-corrected chi connectivity index (χ4v) is 1.27. The molecule has 2 nitrogen and oxygen atoms in total. The van der Waals surface area contributed by atoms with Crippen molar-refractivity contribution in [3.8, 4) is 5.75 Å². The standard InChI is InChI=1S/C11H12F5NO/c12-6-5-9(17)7-1-3-8(4-2-7)18-11(15,16)10(13)14/h1-4,9-10H,5-6,17H2/t9-/m1/s1. The van der Waals surface area contributed by atoms with Gasteiger partial charge in [-0.3, -0.25) is 4.39 Å². The first-order valence-corrected chi connectivity index (χ1v) is 5.13. The van der Waals surface area contributed by atoms with Gasteiger partial charge in [-0.25, -0.2) is 0 Å². The minimum Gasteiger partial charge on any atom is -0.428 e. The fraction of sp³-hybridized carbons (Fsp3) is 0.455. The normalized spacial score (nSPS) is 13.7. The quantitative estimate of drug-likeness (QED) is 0.804. The highest BCUT2D eigenvalue weighted by Gasteiger charge is 2.43. The molecule has 0 radical (unpaired) electrons. The van der Waals surface area contributed by atoms with Gasteiger partial charge in [0, 0.05) is 6.04 Å². The Morgan fingerprint density at radius 3 is 2.17 bits per heavy atom. The Bertz CT molecular complexity index is 368. The number of hydrogen-bond acceptors (Lipinski definition) is 2. The average Bonchev–Trinajstić information content (AvgIpc) is 2.29. The Morgan fingerprint density at radius 1 is 1.17 bits per heavy atom. The van der Waals surface area contributed by atoms with Crippen LogP contribution < -0.4 is 10.5 Å². The molecule has 102 valence electrons.